The summed E-state index contributed by atoms with van der Waals surface area (Å²) in [5.41, 5.74) is 1.17. The van der Waals surface area contributed by atoms with E-state index in [-0.39, 0.29) is 5.75 Å². The summed E-state index contributed by atoms with van der Waals surface area (Å²) in [5, 5.41) is 8.65. The van der Waals surface area contributed by atoms with Crippen molar-refractivity contribution < 1.29 is 8.42 Å². The molecule has 1 aromatic rings. The maximum Gasteiger partial charge on any atom is 0.214 e. The summed E-state index contributed by atoms with van der Waals surface area (Å²) in [6, 6.07) is 12.0. The molecule has 1 aliphatic rings. The smallest absolute Gasteiger partial charge is 0.214 e. The number of benzene rings is 1. The molecule has 0 saturated carbocycles. The van der Waals surface area contributed by atoms with Crippen molar-refractivity contribution in [3.8, 4) is 6.07 Å². The first-order chi connectivity index (χ1) is 10.1. The molecule has 0 spiro atoms. The minimum Gasteiger partial charge on any atom is -0.288 e. The second-order valence-corrected chi connectivity index (χ2v) is 7.33. The third-order valence-corrected chi connectivity index (χ3v) is 5.69. The van der Waals surface area contributed by atoms with E-state index < -0.39 is 10.0 Å². The predicted molar refractivity (Wildman–Crippen MR) is 82.2 cm³/mol. The van der Waals surface area contributed by atoms with Gasteiger partial charge < -0.3 is 0 Å². The topological polar surface area (TPSA) is 64.4 Å². The highest BCUT2D eigenvalue weighted by Gasteiger charge is 2.26. The van der Waals surface area contributed by atoms with Crippen LogP contribution in [0.1, 0.15) is 12.0 Å². The Bertz CT molecular complexity index is 573. The molecule has 0 aromatic heterocycles. The van der Waals surface area contributed by atoms with Crippen LogP contribution in [0.15, 0.2) is 30.3 Å². The van der Waals surface area contributed by atoms with Crippen LogP contribution in [0, 0.1) is 11.3 Å². The standard InChI is InChI=1S/C15H21N3O2S/c16-8-9-17-10-12-18(13-11-17)21(19,20)14-4-7-15-5-2-1-3-6-15/h1-3,5-6H,4,7,9-14H2. The van der Waals surface area contributed by atoms with Crippen molar-refractivity contribution in [2.75, 3.05) is 38.5 Å². The third-order valence-electron chi connectivity index (χ3n) is 3.73. The molecular weight excluding hydrogens is 286 g/mol. The zero-order chi connectivity index (χ0) is 15.1. The molecule has 0 amide bonds. The van der Waals surface area contributed by atoms with E-state index >= 15 is 0 Å². The zero-order valence-corrected chi connectivity index (χ0v) is 12.9. The molecular formula is C15H21N3O2S. The summed E-state index contributed by atoms with van der Waals surface area (Å²) in [6.07, 6.45) is 1.43. The number of sulfonamides is 1. The Morgan fingerprint density at radius 2 is 1.76 bits per heavy atom. The van der Waals surface area contributed by atoms with Crippen molar-refractivity contribution in [1.29, 1.82) is 5.26 Å². The van der Waals surface area contributed by atoms with E-state index in [2.05, 4.69) is 6.07 Å². The van der Waals surface area contributed by atoms with E-state index in [9.17, 15) is 8.42 Å². The van der Waals surface area contributed by atoms with Crippen LogP contribution in [0.2, 0.25) is 0 Å². The second-order valence-electron chi connectivity index (χ2n) is 5.24. The summed E-state index contributed by atoms with van der Waals surface area (Å²) in [7, 11) is -3.17. The third kappa shape index (κ3) is 4.81. The Morgan fingerprint density at radius 3 is 2.38 bits per heavy atom. The Kier molecular flexibility index (Phi) is 5.74. The Morgan fingerprint density at radius 1 is 1.10 bits per heavy atom. The molecule has 1 heterocycles. The molecule has 0 N–H and O–H groups in total. The lowest BCUT2D eigenvalue weighted by molar-refractivity contribution is 0.206. The van der Waals surface area contributed by atoms with Gasteiger partial charge in [0.15, 0.2) is 0 Å². The van der Waals surface area contributed by atoms with Gasteiger partial charge in [-0.2, -0.15) is 9.57 Å². The summed E-state index contributed by atoms with van der Waals surface area (Å²) < 4.78 is 26.1. The normalized spacial score (nSPS) is 17.5. The van der Waals surface area contributed by atoms with Crippen LogP contribution in [-0.4, -0.2) is 56.1 Å². The van der Waals surface area contributed by atoms with Gasteiger partial charge in [-0.05, 0) is 18.4 Å². The van der Waals surface area contributed by atoms with E-state index in [1.165, 1.54) is 5.56 Å². The van der Waals surface area contributed by atoms with Crippen molar-refractivity contribution >= 4 is 10.0 Å². The summed E-state index contributed by atoms with van der Waals surface area (Å²) in [6.45, 7) is 2.66. The molecule has 1 aliphatic heterocycles. The van der Waals surface area contributed by atoms with Gasteiger partial charge in [0.05, 0.1) is 18.4 Å². The number of hydrogen-bond acceptors (Lipinski definition) is 4. The van der Waals surface area contributed by atoms with Crippen LogP contribution in [0.3, 0.4) is 0 Å². The fourth-order valence-corrected chi connectivity index (χ4v) is 3.99. The molecule has 0 radical (unpaired) electrons. The van der Waals surface area contributed by atoms with Crippen molar-refractivity contribution in [2.24, 2.45) is 0 Å². The number of nitriles is 1. The van der Waals surface area contributed by atoms with Crippen molar-refractivity contribution in [2.45, 2.75) is 12.8 Å². The Hall–Kier alpha value is -1.42. The molecule has 1 fully saturated rings. The van der Waals surface area contributed by atoms with Gasteiger partial charge in [-0.25, -0.2) is 8.42 Å². The first kappa shape index (κ1) is 16.0. The SMILES string of the molecule is N#CCN1CCN(S(=O)(=O)CCCc2ccccc2)CC1. The van der Waals surface area contributed by atoms with Crippen LogP contribution < -0.4 is 0 Å². The highest BCUT2D eigenvalue weighted by molar-refractivity contribution is 7.89. The number of hydrogen-bond donors (Lipinski definition) is 0. The number of piperazine rings is 1. The average Bonchev–Trinajstić information content (AvgIpc) is 2.49. The van der Waals surface area contributed by atoms with Crippen LogP contribution in [0.4, 0.5) is 0 Å². The van der Waals surface area contributed by atoms with Gasteiger partial charge in [-0.1, -0.05) is 30.3 Å². The van der Waals surface area contributed by atoms with Gasteiger partial charge in [0, 0.05) is 26.2 Å². The lowest BCUT2D eigenvalue weighted by atomic mass is 10.1. The monoisotopic (exact) mass is 307 g/mol. The summed E-state index contributed by atoms with van der Waals surface area (Å²) >= 11 is 0. The first-order valence-electron chi connectivity index (χ1n) is 7.23. The quantitative estimate of drug-likeness (QED) is 0.738. The molecule has 1 saturated heterocycles. The highest BCUT2D eigenvalue weighted by atomic mass is 32.2. The number of rotatable bonds is 6. The van der Waals surface area contributed by atoms with Gasteiger partial charge in [0.2, 0.25) is 10.0 Å². The van der Waals surface area contributed by atoms with Crippen molar-refractivity contribution in [3.63, 3.8) is 0 Å². The van der Waals surface area contributed by atoms with Crippen molar-refractivity contribution in [3.05, 3.63) is 35.9 Å². The minimum absolute atomic E-state index is 0.195. The molecule has 5 nitrogen and oxygen atoms in total. The molecule has 0 atom stereocenters. The van der Waals surface area contributed by atoms with Crippen molar-refractivity contribution in [1.82, 2.24) is 9.21 Å². The molecule has 1 aromatic carbocycles. The first-order valence-corrected chi connectivity index (χ1v) is 8.84. The molecule has 6 heteroatoms. The van der Waals surface area contributed by atoms with Crippen LogP contribution in [0.5, 0.6) is 0 Å². The van der Waals surface area contributed by atoms with E-state index in [1.807, 2.05) is 35.2 Å². The molecule has 2 rings (SSSR count). The summed E-state index contributed by atoms with van der Waals surface area (Å²) in [5.74, 6) is 0.195. The average molecular weight is 307 g/mol. The van der Waals surface area contributed by atoms with Gasteiger partial charge in [0.25, 0.3) is 0 Å². The maximum atomic E-state index is 12.3. The van der Waals surface area contributed by atoms with E-state index in [1.54, 1.807) is 4.31 Å². The molecule has 0 unspecified atom stereocenters. The molecule has 114 valence electrons. The molecule has 0 bridgehead atoms. The van der Waals surface area contributed by atoms with Gasteiger partial charge in [-0.15, -0.1) is 0 Å². The fourth-order valence-electron chi connectivity index (χ4n) is 2.50. The van der Waals surface area contributed by atoms with Gasteiger partial charge in [0.1, 0.15) is 0 Å². The van der Waals surface area contributed by atoms with E-state index in [0.717, 1.165) is 6.42 Å². The van der Waals surface area contributed by atoms with E-state index in [4.69, 9.17) is 5.26 Å². The van der Waals surface area contributed by atoms with Crippen LogP contribution in [-0.2, 0) is 16.4 Å². The number of aryl methyl sites for hydroxylation is 1. The van der Waals surface area contributed by atoms with Crippen LogP contribution >= 0.6 is 0 Å². The summed E-state index contributed by atoms with van der Waals surface area (Å²) in [4.78, 5) is 1.98. The lowest BCUT2D eigenvalue weighted by Crippen LogP contribution is -2.49. The maximum absolute atomic E-state index is 12.3. The van der Waals surface area contributed by atoms with Gasteiger partial charge >= 0.3 is 0 Å². The highest BCUT2D eigenvalue weighted by Crippen LogP contribution is 2.11. The predicted octanol–water partition coefficient (Wildman–Crippen LogP) is 1.09. The molecule has 21 heavy (non-hydrogen) atoms. The zero-order valence-electron chi connectivity index (χ0n) is 12.1. The fraction of sp³-hybridized carbons (Fsp3) is 0.533. The van der Waals surface area contributed by atoms with E-state index in [0.29, 0.717) is 39.1 Å². The van der Waals surface area contributed by atoms with Gasteiger partial charge in [-0.3, -0.25) is 4.90 Å². The minimum atomic E-state index is -3.17. The number of nitrogens with zero attached hydrogens (tertiary/aromatic N) is 3. The Labute approximate surface area is 126 Å². The lowest BCUT2D eigenvalue weighted by Gasteiger charge is -2.32. The largest absolute Gasteiger partial charge is 0.288 e. The van der Waals surface area contributed by atoms with Crippen LogP contribution in [0.25, 0.3) is 0 Å². The second kappa shape index (κ2) is 7.55. The molecule has 0 aliphatic carbocycles. The Balaban J connectivity index is 1.79.